The van der Waals surface area contributed by atoms with E-state index in [9.17, 15) is 9.90 Å². The maximum Gasteiger partial charge on any atom is 0.224 e. The second kappa shape index (κ2) is 8.52. The van der Waals surface area contributed by atoms with Gasteiger partial charge in [0.05, 0.1) is 18.2 Å². The molecule has 2 aromatic rings. The first kappa shape index (κ1) is 21.1. The summed E-state index contributed by atoms with van der Waals surface area (Å²) in [6.45, 7) is 8.66. The number of ether oxygens (including phenoxy) is 1. The molecule has 6 heteroatoms. The van der Waals surface area contributed by atoms with Gasteiger partial charge in [0.15, 0.2) is 0 Å². The molecule has 4 rings (SSSR count). The highest BCUT2D eigenvalue weighted by Gasteiger charge is 2.41. The molecule has 2 saturated heterocycles. The van der Waals surface area contributed by atoms with E-state index < -0.39 is 0 Å². The number of hydrogen-bond donors (Lipinski definition) is 2. The summed E-state index contributed by atoms with van der Waals surface area (Å²) in [4.78, 5) is 20.3. The van der Waals surface area contributed by atoms with Crippen LogP contribution in [-0.2, 0) is 9.53 Å². The predicted molar refractivity (Wildman–Crippen MR) is 119 cm³/mol. The fraction of sp³-hybridized carbons (Fsp3) is 0.583. The Kier molecular flexibility index (Phi) is 5.98. The number of carbonyl (C=O) groups excluding carboxylic acids is 1. The number of hydrogen-bond acceptors (Lipinski definition) is 5. The van der Waals surface area contributed by atoms with Gasteiger partial charge >= 0.3 is 0 Å². The number of para-hydroxylation sites is 1. The molecule has 0 aliphatic carbocycles. The van der Waals surface area contributed by atoms with E-state index in [1.54, 1.807) is 0 Å². The molecule has 0 radical (unpaired) electrons. The minimum Gasteiger partial charge on any atom is -0.394 e. The zero-order chi connectivity index (χ0) is 21.3. The summed E-state index contributed by atoms with van der Waals surface area (Å²) in [6, 6.07) is 10.6. The summed E-state index contributed by atoms with van der Waals surface area (Å²) in [6.07, 6.45) is 2.13. The zero-order valence-corrected chi connectivity index (χ0v) is 18.2. The standard InChI is InChI=1S/C24H33N3O3/c1-16-5-4-6-17-7-8-21(26-22(16)17)27-11-9-20(24(2,3)15-27)23(29)25-18-10-12-30-19(13-18)14-28/h4-8,18-20,28H,9-15H2,1-3H3,(H,25,29)/t18-,19-,20?/m0/s1. The number of amides is 1. The molecule has 30 heavy (non-hydrogen) atoms. The highest BCUT2D eigenvalue weighted by molar-refractivity contribution is 5.83. The van der Waals surface area contributed by atoms with E-state index in [1.165, 1.54) is 5.56 Å². The lowest BCUT2D eigenvalue weighted by atomic mass is 9.73. The van der Waals surface area contributed by atoms with Crippen LogP contribution in [-0.4, -0.2) is 54.4 Å². The third-order valence-corrected chi connectivity index (χ3v) is 6.69. The Balaban J connectivity index is 1.44. The van der Waals surface area contributed by atoms with Crippen LogP contribution in [0.4, 0.5) is 5.82 Å². The fourth-order valence-electron chi connectivity index (χ4n) is 4.94. The number of fused-ring (bicyclic) bond motifs is 1. The molecule has 1 unspecified atom stereocenters. The van der Waals surface area contributed by atoms with E-state index in [0.29, 0.717) is 13.0 Å². The van der Waals surface area contributed by atoms with Crippen molar-refractivity contribution in [2.45, 2.75) is 52.2 Å². The number of aliphatic hydroxyl groups is 1. The molecular formula is C24H33N3O3. The minimum absolute atomic E-state index is 0.00842. The topological polar surface area (TPSA) is 74.7 Å². The lowest BCUT2D eigenvalue weighted by molar-refractivity contribution is -0.131. The molecule has 1 aromatic heterocycles. The monoisotopic (exact) mass is 411 g/mol. The normalized spacial score (nSPS) is 26.5. The lowest BCUT2D eigenvalue weighted by Gasteiger charge is -2.44. The highest BCUT2D eigenvalue weighted by Crippen LogP contribution is 2.37. The number of aryl methyl sites for hydroxylation is 1. The van der Waals surface area contributed by atoms with Crippen LogP contribution in [0.25, 0.3) is 10.9 Å². The summed E-state index contributed by atoms with van der Waals surface area (Å²) in [5.74, 6) is 1.08. The summed E-state index contributed by atoms with van der Waals surface area (Å²) >= 11 is 0. The second-order valence-electron chi connectivity index (χ2n) is 9.47. The lowest BCUT2D eigenvalue weighted by Crippen LogP contribution is -2.53. The molecule has 2 aliphatic heterocycles. The Bertz CT molecular complexity index is 914. The fourth-order valence-corrected chi connectivity index (χ4v) is 4.94. The van der Waals surface area contributed by atoms with Crippen LogP contribution < -0.4 is 10.2 Å². The Labute approximate surface area is 178 Å². The predicted octanol–water partition coefficient (Wildman–Crippen LogP) is 3.05. The van der Waals surface area contributed by atoms with Crippen LogP contribution in [0.3, 0.4) is 0 Å². The summed E-state index contributed by atoms with van der Waals surface area (Å²) in [5, 5.41) is 13.7. The highest BCUT2D eigenvalue weighted by atomic mass is 16.5. The van der Waals surface area contributed by atoms with Gasteiger partial charge in [0, 0.05) is 37.0 Å². The zero-order valence-electron chi connectivity index (χ0n) is 18.2. The maximum atomic E-state index is 13.1. The van der Waals surface area contributed by atoms with E-state index in [-0.39, 0.29) is 36.0 Å². The Hall–Kier alpha value is -2.18. The van der Waals surface area contributed by atoms with Crippen molar-refractivity contribution in [3.05, 3.63) is 35.9 Å². The molecule has 3 atom stereocenters. The quantitative estimate of drug-likeness (QED) is 0.809. The molecule has 2 N–H and O–H groups in total. The molecule has 162 valence electrons. The first-order valence-electron chi connectivity index (χ1n) is 11.0. The molecule has 0 saturated carbocycles. The number of piperidine rings is 1. The largest absolute Gasteiger partial charge is 0.394 e. The first-order valence-corrected chi connectivity index (χ1v) is 11.0. The number of rotatable bonds is 4. The molecule has 2 aliphatic rings. The summed E-state index contributed by atoms with van der Waals surface area (Å²) < 4.78 is 5.51. The van der Waals surface area contributed by atoms with Gasteiger partial charge in [0.25, 0.3) is 0 Å². The van der Waals surface area contributed by atoms with Crippen molar-refractivity contribution < 1.29 is 14.6 Å². The van der Waals surface area contributed by atoms with Gasteiger partial charge in [-0.2, -0.15) is 0 Å². The molecule has 2 fully saturated rings. The maximum absolute atomic E-state index is 13.1. The number of anilines is 1. The van der Waals surface area contributed by atoms with Gasteiger partial charge in [-0.1, -0.05) is 32.0 Å². The van der Waals surface area contributed by atoms with E-state index >= 15 is 0 Å². The smallest absolute Gasteiger partial charge is 0.224 e. The number of aromatic nitrogens is 1. The van der Waals surface area contributed by atoms with Crippen molar-refractivity contribution in [3.8, 4) is 0 Å². The van der Waals surface area contributed by atoms with Crippen molar-refractivity contribution in [1.29, 1.82) is 0 Å². The Morgan fingerprint density at radius 2 is 2.13 bits per heavy atom. The van der Waals surface area contributed by atoms with Gasteiger partial charge in [-0.25, -0.2) is 4.98 Å². The van der Waals surface area contributed by atoms with Crippen LogP contribution in [0.1, 0.15) is 38.7 Å². The van der Waals surface area contributed by atoms with Gasteiger partial charge in [0.1, 0.15) is 5.82 Å². The Morgan fingerprint density at radius 3 is 2.90 bits per heavy atom. The van der Waals surface area contributed by atoms with Crippen molar-refractivity contribution in [1.82, 2.24) is 10.3 Å². The van der Waals surface area contributed by atoms with Crippen LogP contribution in [0.15, 0.2) is 30.3 Å². The molecular weight excluding hydrogens is 378 g/mol. The van der Waals surface area contributed by atoms with Crippen LogP contribution in [0, 0.1) is 18.3 Å². The number of benzene rings is 1. The van der Waals surface area contributed by atoms with E-state index in [2.05, 4.69) is 61.3 Å². The van der Waals surface area contributed by atoms with E-state index in [0.717, 1.165) is 42.7 Å². The number of nitrogens with one attached hydrogen (secondary N) is 1. The average molecular weight is 412 g/mol. The SMILES string of the molecule is Cc1cccc2ccc(N3CCC(C(=O)N[C@H]4CCO[C@H](CO)C4)C(C)(C)C3)nc12. The second-order valence-corrected chi connectivity index (χ2v) is 9.47. The third-order valence-electron chi connectivity index (χ3n) is 6.69. The van der Waals surface area contributed by atoms with Gasteiger partial charge in [-0.3, -0.25) is 4.79 Å². The van der Waals surface area contributed by atoms with Crippen molar-refractivity contribution in [2.24, 2.45) is 11.3 Å². The molecule has 3 heterocycles. The van der Waals surface area contributed by atoms with Gasteiger partial charge < -0.3 is 20.1 Å². The Morgan fingerprint density at radius 1 is 1.30 bits per heavy atom. The molecule has 6 nitrogen and oxygen atoms in total. The average Bonchev–Trinajstić information content (AvgIpc) is 2.73. The van der Waals surface area contributed by atoms with Gasteiger partial charge in [-0.15, -0.1) is 0 Å². The van der Waals surface area contributed by atoms with E-state index in [4.69, 9.17) is 9.72 Å². The summed E-state index contributed by atoms with van der Waals surface area (Å²) in [7, 11) is 0. The van der Waals surface area contributed by atoms with E-state index in [1.807, 2.05) is 0 Å². The van der Waals surface area contributed by atoms with Crippen LogP contribution >= 0.6 is 0 Å². The number of aliphatic hydroxyl groups excluding tert-OH is 1. The summed E-state index contributed by atoms with van der Waals surface area (Å²) in [5.41, 5.74) is 2.07. The van der Waals surface area contributed by atoms with Crippen molar-refractivity contribution in [2.75, 3.05) is 31.2 Å². The number of carbonyl (C=O) groups is 1. The first-order chi connectivity index (χ1) is 14.4. The van der Waals surface area contributed by atoms with Gasteiger partial charge in [0.2, 0.25) is 5.91 Å². The van der Waals surface area contributed by atoms with Crippen LogP contribution in [0.5, 0.6) is 0 Å². The minimum atomic E-state index is -0.165. The van der Waals surface area contributed by atoms with Gasteiger partial charge in [-0.05, 0) is 49.3 Å². The van der Waals surface area contributed by atoms with Crippen LogP contribution in [0.2, 0.25) is 0 Å². The molecule has 0 bridgehead atoms. The van der Waals surface area contributed by atoms with Crippen molar-refractivity contribution in [3.63, 3.8) is 0 Å². The number of nitrogens with zero attached hydrogens (tertiary/aromatic N) is 2. The molecule has 1 amide bonds. The molecule has 0 spiro atoms. The molecule has 1 aromatic carbocycles. The number of pyridine rings is 1. The van der Waals surface area contributed by atoms with Crippen molar-refractivity contribution >= 4 is 22.6 Å². The third kappa shape index (κ3) is 4.30.